The van der Waals surface area contributed by atoms with Crippen LogP contribution in [0.2, 0.25) is 0 Å². The van der Waals surface area contributed by atoms with Crippen LogP contribution < -0.4 is 9.47 Å². The quantitative estimate of drug-likeness (QED) is 0.860. The van der Waals surface area contributed by atoms with Crippen molar-refractivity contribution in [2.75, 3.05) is 13.3 Å². The van der Waals surface area contributed by atoms with Crippen molar-refractivity contribution in [2.24, 2.45) is 0 Å². The van der Waals surface area contributed by atoms with E-state index >= 15 is 0 Å². The van der Waals surface area contributed by atoms with Crippen LogP contribution in [0, 0.1) is 0 Å². The summed E-state index contributed by atoms with van der Waals surface area (Å²) in [7, 11) is 0. The number of ether oxygens (including phenoxy) is 2. The number of benzene rings is 1. The lowest BCUT2D eigenvalue weighted by molar-refractivity contribution is -0.141. The maximum atomic E-state index is 12.8. The molecule has 1 amide bonds. The van der Waals surface area contributed by atoms with Gasteiger partial charge in [0.15, 0.2) is 11.5 Å². The van der Waals surface area contributed by atoms with Gasteiger partial charge in [0.25, 0.3) is 5.91 Å². The predicted octanol–water partition coefficient (Wildman–Crippen LogP) is 3.02. The average Bonchev–Trinajstić information content (AvgIpc) is 3.01. The van der Waals surface area contributed by atoms with Crippen molar-refractivity contribution < 1.29 is 27.4 Å². The number of hydrogen-bond donors (Lipinski definition) is 0. The molecule has 0 bridgehead atoms. The Bertz CT molecular complexity index is 735. The second kappa shape index (κ2) is 6.38. The van der Waals surface area contributed by atoms with Gasteiger partial charge in [0.05, 0.1) is 0 Å². The van der Waals surface area contributed by atoms with Crippen LogP contribution in [0.3, 0.4) is 0 Å². The number of carbonyl (C=O) groups excluding carboxylic acids is 1. The zero-order valence-electron chi connectivity index (χ0n) is 12.4. The molecule has 8 heteroatoms. The molecule has 2 heterocycles. The van der Waals surface area contributed by atoms with Gasteiger partial charge in [-0.15, -0.1) is 0 Å². The SMILES string of the molecule is O=C(c1ccccn1)N(Cc1ccc2c(c1)OCO2)CC(F)(F)F. The van der Waals surface area contributed by atoms with E-state index in [2.05, 4.69) is 4.98 Å². The van der Waals surface area contributed by atoms with E-state index in [0.29, 0.717) is 22.0 Å². The monoisotopic (exact) mass is 338 g/mol. The van der Waals surface area contributed by atoms with E-state index in [9.17, 15) is 18.0 Å². The molecule has 0 aliphatic carbocycles. The lowest BCUT2D eigenvalue weighted by Gasteiger charge is -2.23. The molecule has 126 valence electrons. The van der Waals surface area contributed by atoms with Crippen molar-refractivity contribution in [2.45, 2.75) is 12.7 Å². The number of amides is 1. The van der Waals surface area contributed by atoms with Crippen molar-refractivity contribution in [1.82, 2.24) is 9.88 Å². The molecule has 1 aliphatic heterocycles. The minimum Gasteiger partial charge on any atom is -0.454 e. The van der Waals surface area contributed by atoms with Gasteiger partial charge >= 0.3 is 6.18 Å². The standard InChI is InChI=1S/C16H13F3N2O3/c17-16(18,19)9-21(15(22)12-3-1-2-6-20-12)8-11-4-5-13-14(7-11)24-10-23-13/h1-7H,8-10H2. The molecule has 0 saturated heterocycles. The van der Waals surface area contributed by atoms with Gasteiger partial charge in [0.2, 0.25) is 6.79 Å². The van der Waals surface area contributed by atoms with E-state index in [1.54, 1.807) is 30.3 Å². The van der Waals surface area contributed by atoms with Crippen molar-refractivity contribution in [3.63, 3.8) is 0 Å². The summed E-state index contributed by atoms with van der Waals surface area (Å²) in [4.78, 5) is 16.9. The largest absolute Gasteiger partial charge is 0.454 e. The van der Waals surface area contributed by atoms with Gasteiger partial charge in [-0.2, -0.15) is 13.2 Å². The van der Waals surface area contributed by atoms with Gasteiger partial charge in [0.1, 0.15) is 12.2 Å². The number of aromatic nitrogens is 1. The molecule has 2 aromatic rings. The third-order valence-electron chi connectivity index (χ3n) is 3.35. The second-order valence-corrected chi connectivity index (χ2v) is 5.18. The minimum atomic E-state index is -4.51. The Kier molecular flexibility index (Phi) is 4.28. The van der Waals surface area contributed by atoms with Crippen LogP contribution in [0.25, 0.3) is 0 Å². The summed E-state index contributed by atoms with van der Waals surface area (Å²) in [5, 5.41) is 0. The van der Waals surface area contributed by atoms with E-state index in [1.165, 1.54) is 12.3 Å². The van der Waals surface area contributed by atoms with Crippen molar-refractivity contribution >= 4 is 5.91 Å². The second-order valence-electron chi connectivity index (χ2n) is 5.18. The Morgan fingerprint density at radius 3 is 2.67 bits per heavy atom. The first-order valence-corrected chi connectivity index (χ1v) is 7.08. The molecule has 0 radical (unpaired) electrons. The normalized spacial score (nSPS) is 13.0. The highest BCUT2D eigenvalue weighted by molar-refractivity contribution is 5.92. The van der Waals surface area contributed by atoms with Crippen molar-refractivity contribution in [3.05, 3.63) is 53.9 Å². The number of alkyl halides is 3. The van der Waals surface area contributed by atoms with E-state index in [-0.39, 0.29) is 19.0 Å². The van der Waals surface area contributed by atoms with Gasteiger partial charge in [-0.05, 0) is 29.8 Å². The van der Waals surface area contributed by atoms with Gasteiger partial charge in [-0.25, -0.2) is 0 Å². The van der Waals surface area contributed by atoms with Crippen LogP contribution in [0.4, 0.5) is 13.2 Å². The molecule has 1 aromatic heterocycles. The predicted molar refractivity (Wildman–Crippen MR) is 77.6 cm³/mol. The van der Waals surface area contributed by atoms with Crippen molar-refractivity contribution in [3.8, 4) is 11.5 Å². The third-order valence-corrected chi connectivity index (χ3v) is 3.35. The molecular weight excluding hydrogens is 325 g/mol. The number of nitrogens with zero attached hydrogens (tertiary/aromatic N) is 2. The molecule has 24 heavy (non-hydrogen) atoms. The van der Waals surface area contributed by atoms with Gasteiger partial charge in [-0.1, -0.05) is 12.1 Å². The molecule has 1 aromatic carbocycles. The van der Waals surface area contributed by atoms with Crippen LogP contribution in [0.15, 0.2) is 42.6 Å². The Labute approximate surface area is 135 Å². The summed E-state index contributed by atoms with van der Waals surface area (Å²) in [6.45, 7) is -1.51. The van der Waals surface area contributed by atoms with Crippen LogP contribution in [0.5, 0.6) is 11.5 Å². The van der Waals surface area contributed by atoms with Crippen LogP contribution in [0.1, 0.15) is 16.1 Å². The summed E-state index contributed by atoms with van der Waals surface area (Å²) in [5.41, 5.74) is 0.468. The zero-order chi connectivity index (χ0) is 17.2. The molecule has 0 spiro atoms. The van der Waals surface area contributed by atoms with Gasteiger partial charge in [0, 0.05) is 12.7 Å². The van der Waals surface area contributed by atoms with Crippen LogP contribution >= 0.6 is 0 Å². The zero-order valence-corrected chi connectivity index (χ0v) is 12.4. The average molecular weight is 338 g/mol. The maximum absolute atomic E-state index is 12.8. The number of pyridine rings is 1. The number of rotatable bonds is 4. The molecule has 0 fully saturated rings. The van der Waals surface area contributed by atoms with Crippen molar-refractivity contribution in [1.29, 1.82) is 0 Å². The first-order chi connectivity index (χ1) is 11.4. The lowest BCUT2D eigenvalue weighted by atomic mass is 10.1. The Morgan fingerprint density at radius 1 is 1.17 bits per heavy atom. The van der Waals surface area contributed by atoms with E-state index in [1.807, 2.05) is 0 Å². The number of hydrogen-bond acceptors (Lipinski definition) is 4. The molecule has 5 nitrogen and oxygen atoms in total. The Morgan fingerprint density at radius 2 is 1.96 bits per heavy atom. The number of halogens is 3. The summed E-state index contributed by atoms with van der Waals surface area (Å²) in [5.74, 6) is 0.188. The van der Waals surface area contributed by atoms with Gasteiger partial charge in [-0.3, -0.25) is 9.78 Å². The first-order valence-electron chi connectivity index (χ1n) is 7.08. The summed E-state index contributed by atoms with van der Waals surface area (Å²) < 4.78 is 48.9. The minimum absolute atomic E-state index is 0.0394. The summed E-state index contributed by atoms with van der Waals surface area (Å²) >= 11 is 0. The van der Waals surface area contributed by atoms with E-state index < -0.39 is 18.6 Å². The number of carbonyl (C=O) groups is 1. The fraction of sp³-hybridized carbons (Fsp3) is 0.250. The lowest BCUT2D eigenvalue weighted by Crippen LogP contribution is -2.38. The molecule has 0 N–H and O–H groups in total. The molecule has 0 saturated carbocycles. The highest BCUT2D eigenvalue weighted by Crippen LogP contribution is 2.33. The highest BCUT2D eigenvalue weighted by Gasteiger charge is 2.34. The fourth-order valence-electron chi connectivity index (χ4n) is 2.33. The first kappa shape index (κ1) is 16.1. The van der Waals surface area contributed by atoms with Crippen LogP contribution in [-0.4, -0.2) is 35.3 Å². The Balaban J connectivity index is 1.83. The molecule has 0 atom stereocenters. The van der Waals surface area contributed by atoms with E-state index in [0.717, 1.165) is 0 Å². The fourth-order valence-corrected chi connectivity index (χ4v) is 2.33. The molecular formula is C16H13F3N2O3. The maximum Gasteiger partial charge on any atom is 0.406 e. The van der Waals surface area contributed by atoms with E-state index in [4.69, 9.17) is 9.47 Å². The molecule has 3 rings (SSSR count). The third kappa shape index (κ3) is 3.76. The molecule has 1 aliphatic rings. The van der Waals surface area contributed by atoms with Gasteiger partial charge < -0.3 is 14.4 Å². The smallest absolute Gasteiger partial charge is 0.406 e. The summed E-state index contributed by atoms with van der Waals surface area (Å²) in [6, 6.07) is 9.29. The Hall–Kier alpha value is -2.77. The summed E-state index contributed by atoms with van der Waals surface area (Å²) in [6.07, 6.45) is -3.15. The molecule has 0 unspecified atom stereocenters. The highest BCUT2D eigenvalue weighted by atomic mass is 19.4. The van der Waals surface area contributed by atoms with Crippen LogP contribution in [-0.2, 0) is 6.54 Å². The number of fused-ring (bicyclic) bond motifs is 1. The topological polar surface area (TPSA) is 51.7 Å².